The van der Waals surface area contributed by atoms with Crippen LogP contribution < -0.4 is 21.3 Å². The van der Waals surface area contributed by atoms with Crippen molar-refractivity contribution in [2.24, 2.45) is 64.6 Å². The molecule has 24 heteroatoms. The van der Waals surface area contributed by atoms with Gasteiger partial charge in [0.05, 0.1) is 22.8 Å². The van der Waals surface area contributed by atoms with Gasteiger partial charge in [-0.3, -0.25) is 38.8 Å². The second kappa shape index (κ2) is 52.2. The van der Waals surface area contributed by atoms with Gasteiger partial charge in [0.15, 0.2) is 0 Å². The summed E-state index contributed by atoms with van der Waals surface area (Å²) in [5, 5.41) is 12.8. The fraction of sp³-hybridized carbons (Fsp3) is 0.646. The molecule has 4 aromatic carbocycles. The highest BCUT2D eigenvalue weighted by atomic mass is 16.4. The summed E-state index contributed by atoms with van der Waals surface area (Å²) < 4.78 is 23.9. The third-order valence-electron chi connectivity index (χ3n) is 30.8. The average Bonchev–Trinajstić information content (AvgIpc) is 1.68. The number of oxazole rings is 4. The molecule has 12 heterocycles. The van der Waals surface area contributed by atoms with Crippen molar-refractivity contribution < 1.29 is 36.8 Å². The number of likely N-dealkylation sites (tertiary alicyclic amines) is 8. The third-order valence-corrected chi connectivity index (χ3v) is 30.8. The Balaban J connectivity index is 0.000000154. The lowest BCUT2D eigenvalue weighted by molar-refractivity contribution is -0.127. The summed E-state index contributed by atoms with van der Waals surface area (Å²) in [4.78, 5) is 89.8. The van der Waals surface area contributed by atoms with Crippen molar-refractivity contribution >= 4 is 23.6 Å². The second-order valence-electron chi connectivity index (χ2n) is 43.5. The van der Waals surface area contributed by atoms with Gasteiger partial charge >= 0.3 is 0 Å². The topological polar surface area (TPSA) is 246 Å². The lowest BCUT2D eigenvalue weighted by atomic mass is 9.83. The molecule has 0 saturated carbocycles. The maximum absolute atomic E-state index is 12.7. The zero-order chi connectivity index (χ0) is 97.1. The van der Waals surface area contributed by atoms with Gasteiger partial charge in [-0.1, -0.05) is 128 Å². The summed E-state index contributed by atoms with van der Waals surface area (Å²) >= 11 is 0. The summed E-state index contributed by atoms with van der Waals surface area (Å²) in [7, 11) is 0. The SMILES string of the molecule is Cc1cccc(-c2nc(CN3CCC(C(=O)NCCCN4C[C@H](C)C[C@H](C)C4)CC3)c(C)o2)c1.Cc1ccccc1-c1nc(CN2CCC(C(=O)NCCCN3CCC(C(C)C)CC3)CC2)c(C)o1.Cc1ccccc1-c1nc(CN2CCC(C(=O)NCCCN3CCC(C)(C)CC3)CC2)c(C)o1.Cc1ccccc1-c1nc(CN2CCC(C(=O)NCCCN3C[C@H](C)C[C@@H](C)C3)CC2)c(C)o1. The smallest absolute Gasteiger partial charge is 0.226 e. The minimum absolute atomic E-state index is 0.132. The zero-order valence-electron chi connectivity index (χ0n) is 86.7. The molecular formula is C113H170N16O8. The van der Waals surface area contributed by atoms with Gasteiger partial charge in [-0.05, 0) is 364 Å². The first-order valence-electron chi connectivity index (χ1n) is 53.0. The summed E-state index contributed by atoms with van der Waals surface area (Å²) in [6.07, 6.45) is 19.3. The summed E-state index contributed by atoms with van der Waals surface area (Å²) in [6, 6.07) is 32.8. The molecule has 16 rings (SSSR count). The van der Waals surface area contributed by atoms with Gasteiger partial charge in [-0.25, -0.2) is 19.9 Å². The Morgan fingerprint density at radius 2 is 0.628 bits per heavy atom. The van der Waals surface area contributed by atoms with Gasteiger partial charge in [-0.2, -0.15) is 0 Å². The number of hydrogen-bond donors (Lipinski definition) is 4. The van der Waals surface area contributed by atoms with Crippen molar-refractivity contribution in [1.82, 2.24) is 80.4 Å². The molecule has 4 amide bonds. The zero-order valence-corrected chi connectivity index (χ0v) is 86.7. The first kappa shape index (κ1) is 106. The molecule has 0 bridgehead atoms. The Morgan fingerprint density at radius 3 is 0.927 bits per heavy atom. The second-order valence-corrected chi connectivity index (χ2v) is 43.5. The number of hydrogen-bond acceptors (Lipinski definition) is 20. The quantitative estimate of drug-likeness (QED) is 0.0279. The number of carbonyl (C=O) groups excluding carboxylic acids is 4. The largest absolute Gasteiger partial charge is 0.441 e. The van der Waals surface area contributed by atoms with Crippen LogP contribution in [0.1, 0.15) is 239 Å². The molecule has 8 aromatic rings. The van der Waals surface area contributed by atoms with Crippen LogP contribution >= 0.6 is 0 Å². The molecule has 0 aliphatic carbocycles. The number of aromatic nitrogens is 4. The average molecular weight is 1880 g/mol. The van der Waals surface area contributed by atoms with Gasteiger partial charge in [0.1, 0.15) is 23.0 Å². The third kappa shape index (κ3) is 32.4. The monoisotopic (exact) mass is 1880 g/mol. The normalized spacial score (nSPS) is 21.0. The first-order chi connectivity index (χ1) is 66.0. The predicted molar refractivity (Wildman–Crippen MR) is 550 cm³/mol. The number of rotatable bonds is 33. The van der Waals surface area contributed by atoms with Crippen molar-refractivity contribution in [3.63, 3.8) is 0 Å². The molecule has 24 nitrogen and oxygen atoms in total. The molecule has 0 spiro atoms. The molecule has 4 N–H and O–H groups in total. The number of benzene rings is 4. The minimum Gasteiger partial charge on any atom is -0.441 e. The van der Waals surface area contributed by atoms with Gasteiger partial charge in [-0.15, -0.1) is 0 Å². The van der Waals surface area contributed by atoms with E-state index >= 15 is 0 Å². The van der Waals surface area contributed by atoms with Crippen LogP contribution in [0.5, 0.6) is 0 Å². The van der Waals surface area contributed by atoms with Crippen molar-refractivity contribution in [3.05, 3.63) is 165 Å². The van der Waals surface area contributed by atoms with Crippen LogP contribution in [0.25, 0.3) is 45.8 Å². The van der Waals surface area contributed by atoms with E-state index < -0.39 is 0 Å². The molecule has 8 aliphatic heterocycles. The highest BCUT2D eigenvalue weighted by molar-refractivity contribution is 5.80. The minimum atomic E-state index is 0.132. The molecular weight excluding hydrogens is 1710 g/mol. The van der Waals surface area contributed by atoms with E-state index in [-0.39, 0.29) is 47.3 Å². The Kier molecular flexibility index (Phi) is 40.2. The standard InChI is InChI=1S/C29H44N4O2.3C28H42N4O2/c1-21(2)24-10-16-32(17-11-24)15-7-14-30-28(34)25-12-18-33(19-13-25)20-27-23(4)35-29(31-27)26-9-6-5-8-22(26)3;1-20-7-5-8-25(16-20)28-30-26(23(4)34-28)19-31-13-9-24(10-14-31)27(33)29-11-6-12-32-17-21(2)15-22(3)18-32;1-21-8-5-6-9-24(21)27-30-25(22(2)34-27)20-32-16-10-23(11-17-32)26(33)29-14-7-15-31-18-12-28(3,4)13-19-31;1-20-16-21(2)18-32(17-20)13-7-12-29-27(33)24-10-14-31(15-11-24)19-26-23(4)34-28(30-26)25-9-6-5-8-22(25)3/h5-6,8-9,21,24-25H,7,10-20H2,1-4H3,(H,30,34);5,7-8,16,21-22,24H,6,9-15,17-19H2,1-4H3,(H,29,33);5-6,8-9,23H,7,10-20H2,1-4H3,(H,29,33);5-6,8-9,20-21,24H,7,10-19H2,1-4H3,(H,29,33)/t;21-,22+;;20-,21-/m...1/s1. The van der Waals surface area contributed by atoms with E-state index in [0.717, 1.165) is 312 Å². The molecule has 8 saturated heterocycles. The number of amides is 4. The van der Waals surface area contributed by atoms with Crippen molar-refractivity contribution in [1.29, 1.82) is 0 Å². The molecule has 750 valence electrons. The Bertz CT molecular complexity index is 5020. The van der Waals surface area contributed by atoms with Gasteiger partial charge in [0.2, 0.25) is 47.2 Å². The van der Waals surface area contributed by atoms with E-state index in [1.54, 1.807) is 0 Å². The summed E-state index contributed by atoms with van der Waals surface area (Å²) in [5.41, 5.74) is 13.4. The van der Waals surface area contributed by atoms with Crippen molar-refractivity contribution in [2.75, 3.05) is 157 Å². The van der Waals surface area contributed by atoms with Crippen LogP contribution in [0.4, 0.5) is 0 Å². The Labute approximate surface area is 821 Å². The molecule has 0 unspecified atom stereocenters. The first-order valence-corrected chi connectivity index (χ1v) is 53.0. The van der Waals surface area contributed by atoms with E-state index in [1.807, 2.05) is 76.2 Å². The fourth-order valence-electron chi connectivity index (χ4n) is 22.1. The molecule has 8 aliphatic rings. The van der Waals surface area contributed by atoms with E-state index in [9.17, 15) is 19.2 Å². The maximum atomic E-state index is 12.7. The molecule has 8 fully saturated rings. The highest BCUT2D eigenvalue weighted by Crippen LogP contribution is 2.36. The van der Waals surface area contributed by atoms with Crippen LogP contribution in [0.3, 0.4) is 0 Å². The van der Waals surface area contributed by atoms with E-state index in [4.69, 9.17) is 37.6 Å². The van der Waals surface area contributed by atoms with Crippen molar-refractivity contribution in [3.8, 4) is 45.8 Å². The van der Waals surface area contributed by atoms with Crippen LogP contribution in [0.15, 0.2) is 115 Å². The maximum Gasteiger partial charge on any atom is 0.226 e. The van der Waals surface area contributed by atoms with Crippen LogP contribution in [-0.2, 0) is 45.4 Å². The van der Waals surface area contributed by atoms with Gasteiger partial charge < -0.3 is 58.5 Å². The summed E-state index contributed by atoms with van der Waals surface area (Å²) in [6.45, 7) is 62.8. The molecule has 0 radical (unpaired) electrons. The van der Waals surface area contributed by atoms with Crippen LogP contribution in [0, 0.1) is 120 Å². The number of aryl methyl sites for hydroxylation is 8. The van der Waals surface area contributed by atoms with Gasteiger partial charge in [0.25, 0.3) is 0 Å². The molecule has 4 atom stereocenters. The Morgan fingerprint density at radius 1 is 0.350 bits per heavy atom. The lowest BCUT2D eigenvalue weighted by Crippen LogP contribution is -2.42. The van der Waals surface area contributed by atoms with Gasteiger partial charge in [0, 0.05) is 124 Å². The fourth-order valence-corrected chi connectivity index (χ4v) is 22.1. The number of nitrogens with one attached hydrogen (secondary N) is 4. The number of carbonyl (C=O) groups is 4. The Hall–Kier alpha value is -8.72. The molecule has 4 aromatic heterocycles. The van der Waals surface area contributed by atoms with Crippen LogP contribution in [0.2, 0.25) is 0 Å². The highest BCUT2D eigenvalue weighted by Gasteiger charge is 2.34. The molecule has 137 heavy (non-hydrogen) atoms. The number of piperidine rings is 8. The predicted octanol–water partition coefficient (Wildman–Crippen LogP) is 19.2. The number of nitrogens with zero attached hydrogens (tertiary/aromatic N) is 12. The van der Waals surface area contributed by atoms with Crippen LogP contribution in [-0.4, -0.2) is 240 Å². The van der Waals surface area contributed by atoms with E-state index in [2.05, 4.69) is 192 Å². The van der Waals surface area contributed by atoms with Crippen molar-refractivity contribution in [2.45, 2.75) is 253 Å². The summed E-state index contributed by atoms with van der Waals surface area (Å²) in [5.74, 6) is 12.7. The van der Waals surface area contributed by atoms with E-state index in [0.29, 0.717) is 29.0 Å². The van der Waals surface area contributed by atoms with E-state index in [1.165, 1.54) is 113 Å². The lowest BCUT2D eigenvalue weighted by Gasteiger charge is -2.37.